The molecule has 2 aliphatic rings. The van der Waals surface area contributed by atoms with Gasteiger partial charge in [0, 0.05) is 27.9 Å². The third kappa shape index (κ3) is 2.32. The summed E-state index contributed by atoms with van der Waals surface area (Å²) < 4.78 is 1.36. The van der Waals surface area contributed by atoms with Crippen molar-refractivity contribution in [2.75, 3.05) is 18.4 Å². The topological polar surface area (TPSA) is 15.3 Å². The van der Waals surface area contributed by atoms with Crippen LogP contribution in [0.5, 0.6) is 0 Å². The lowest BCUT2D eigenvalue weighted by atomic mass is 10.1. The number of rotatable bonds is 2. The van der Waals surface area contributed by atoms with Gasteiger partial charge in [0.25, 0.3) is 0 Å². The van der Waals surface area contributed by atoms with Crippen LogP contribution < -0.4 is 5.32 Å². The highest BCUT2D eigenvalue weighted by Crippen LogP contribution is 2.30. The molecule has 92 valence electrons. The fourth-order valence-electron chi connectivity index (χ4n) is 3.15. The van der Waals surface area contributed by atoms with Crippen molar-refractivity contribution < 1.29 is 0 Å². The summed E-state index contributed by atoms with van der Waals surface area (Å²) in [6, 6.07) is 8.15. The molecule has 3 rings (SSSR count). The molecule has 3 heteroatoms. The Morgan fingerprint density at radius 1 is 1.29 bits per heavy atom. The van der Waals surface area contributed by atoms with Crippen LogP contribution in [0, 0.1) is 10.5 Å². The molecule has 17 heavy (non-hydrogen) atoms. The van der Waals surface area contributed by atoms with Crippen molar-refractivity contribution in [1.82, 2.24) is 4.90 Å². The average Bonchev–Trinajstić information content (AvgIpc) is 2.88. The molecule has 2 unspecified atom stereocenters. The molecule has 1 aromatic rings. The van der Waals surface area contributed by atoms with Crippen LogP contribution in [0.25, 0.3) is 0 Å². The Bertz CT molecular complexity index is 419. The largest absolute Gasteiger partial charge is 0.381 e. The van der Waals surface area contributed by atoms with Crippen molar-refractivity contribution in [2.45, 2.75) is 38.3 Å². The molecule has 0 bridgehead atoms. The standard InChI is InChI=1S/C14H19IN2/c1-10-4-5-11(9-12(10)15)16-13-6-8-17-7-2-3-14(13)17/h4-5,9,13-14,16H,2-3,6-8H2,1H3. The highest BCUT2D eigenvalue weighted by Gasteiger charge is 2.36. The number of nitrogens with one attached hydrogen (secondary N) is 1. The van der Waals surface area contributed by atoms with E-state index in [0.717, 1.165) is 6.04 Å². The first kappa shape index (κ1) is 11.8. The quantitative estimate of drug-likeness (QED) is 0.830. The Kier molecular flexibility index (Phi) is 3.30. The molecule has 0 saturated carbocycles. The first-order valence-electron chi connectivity index (χ1n) is 6.51. The second-order valence-corrected chi connectivity index (χ2v) is 6.41. The maximum atomic E-state index is 3.73. The first-order valence-corrected chi connectivity index (χ1v) is 7.58. The predicted octanol–water partition coefficient (Wildman–Crippen LogP) is 3.25. The Morgan fingerprint density at radius 2 is 2.18 bits per heavy atom. The summed E-state index contributed by atoms with van der Waals surface area (Å²) in [7, 11) is 0. The number of aryl methyl sites for hydroxylation is 1. The number of benzene rings is 1. The van der Waals surface area contributed by atoms with E-state index < -0.39 is 0 Å². The summed E-state index contributed by atoms with van der Waals surface area (Å²) in [5.74, 6) is 0. The maximum Gasteiger partial charge on any atom is 0.0429 e. The molecule has 0 amide bonds. The predicted molar refractivity (Wildman–Crippen MR) is 80.5 cm³/mol. The zero-order chi connectivity index (χ0) is 11.8. The summed E-state index contributed by atoms with van der Waals surface area (Å²) in [6.07, 6.45) is 4.06. The highest BCUT2D eigenvalue weighted by atomic mass is 127. The highest BCUT2D eigenvalue weighted by molar-refractivity contribution is 14.1. The summed E-state index contributed by atoms with van der Waals surface area (Å²) in [5, 5.41) is 3.73. The van der Waals surface area contributed by atoms with Crippen LogP contribution in [0.4, 0.5) is 5.69 Å². The fourth-order valence-corrected chi connectivity index (χ4v) is 3.66. The number of nitrogens with zero attached hydrogens (tertiary/aromatic N) is 1. The number of hydrogen-bond donors (Lipinski definition) is 1. The van der Waals surface area contributed by atoms with Crippen molar-refractivity contribution in [2.24, 2.45) is 0 Å². The summed E-state index contributed by atoms with van der Waals surface area (Å²) in [5.41, 5.74) is 2.66. The van der Waals surface area contributed by atoms with Gasteiger partial charge < -0.3 is 5.32 Å². The minimum atomic E-state index is 0.663. The minimum absolute atomic E-state index is 0.663. The second-order valence-electron chi connectivity index (χ2n) is 5.25. The van der Waals surface area contributed by atoms with Gasteiger partial charge in [0.1, 0.15) is 0 Å². The van der Waals surface area contributed by atoms with Crippen LogP contribution in [0.2, 0.25) is 0 Å². The van der Waals surface area contributed by atoms with Crippen molar-refractivity contribution >= 4 is 28.3 Å². The maximum absolute atomic E-state index is 3.73. The molecule has 2 saturated heterocycles. The molecule has 2 nitrogen and oxygen atoms in total. The zero-order valence-corrected chi connectivity index (χ0v) is 12.4. The van der Waals surface area contributed by atoms with Crippen LogP contribution in [0.15, 0.2) is 18.2 Å². The van der Waals surface area contributed by atoms with Crippen LogP contribution >= 0.6 is 22.6 Å². The van der Waals surface area contributed by atoms with Gasteiger partial charge in [-0.2, -0.15) is 0 Å². The number of hydrogen-bond acceptors (Lipinski definition) is 2. The number of anilines is 1. The van der Waals surface area contributed by atoms with Gasteiger partial charge in [-0.3, -0.25) is 4.90 Å². The van der Waals surface area contributed by atoms with E-state index in [-0.39, 0.29) is 0 Å². The molecule has 2 atom stereocenters. The lowest BCUT2D eigenvalue weighted by Gasteiger charge is -2.22. The molecular formula is C14H19IN2. The normalized spacial score (nSPS) is 28.4. The lowest BCUT2D eigenvalue weighted by Crippen LogP contribution is -2.33. The van der Waals surface area contributed by atoms with Gasteiger partial charge in [-0.05, 0) is 73.0 Å². The molecule has 0 radical (unpaired) electrons. The van der Waals surface area contributed by atoms with E-state index in [1.54, 1.807) is 0 Å². The summed E-state index contributed by atoms with van der Waals surface area (Å²) in [4.78, 5) is 2.65. The Labute approximate surface area is 117 Å². The molecule has 2 heterocycles. The smallest absolute Gasteiger partial charge is 0.0429 e. The van der Waals surface area contributed by atoms with Crippen molar-refractivity contribution in [3.8, 4) is 0 Å². The molecule has 1 N–H and O–H groups in total. The van der Waals surface area contributed by atoms with Crippen LogP contribution in [0.1, 0.15) is 24.8 Å². The van der Waals surface area contributed by atoms with Gasteiger partial charge >= 0.3 is 0 Å². The number of halogens is 1. The van der Waals surface area contributed by atoms with Crippen LogP contribution in [0.3, 0.4) is 0 Å². The van der Waals surface area contributed by atoms with E-state index in [4.69, 9.17) is 0 Å². The van der Waals surface area contributed by atoms with Crippen molar-refractivity contribution in [1.29, 1.82) is 0 Å². The van der Waals surface area contributed by atoms with Crippen LogP contribution in [-0.4, -0.2) is 30.1 Å². The third-order valence-electron chi connectivity index (χ3n) is 4.13. The van der Waals surface area contributed by atoms with Crippen LogP contribution in [-0.2, 0) is 0 Å². The first-order chi connectivity index (χ1) is 8.24. The Hall–Kier alpha value is -0.290. The minimum Gasteiger partial charge on any atom is -0.381 e. The SMILES string of the molecule is Cc1ccc(NC2CCN3CCCC23)cc1I. The van der Waals surface area contributed by atoms with Gasteiger partial charge in [-0.25, -0.2) is 0 Å². The van der Waals surface area contributed by atoms with Crippen molar-refractivity contribution in [3.63, 3.8) is 0 Å². The van der Waals surface area contributed by atoms with Gasteiger partial charge in [0.05, 0.1) is 0 Å². The van der Waals surface area contributed by atoms with E-state index in [1.165, 1.54) is 47.2 Å². The number of fused-ring (bicyclic) bond motifs is 1. The molecule has 0 aromatic heterocycles. The van der Waals surface area contributed by atoms with Gasteiger partial charge in [0.2, 0.25) is 0 Å². The lowest BCUT2D eigenvalue weighted by molar-refractivity contribution is 0.318. The molecule has 0 spiro atoms. The van der Waals surface area contributed by atoms with Gasteiger partial charge in [-0.15, -0.1) is 0 Å². The third-order valence-corrected chi connectivity index (χ3v) is 5.29. The summed E-state index contributed by atoms with van der Waals surface area (Å²) in [6.45, 7) is 4.76. The fraction of sp³-hybridized carbons (Fsp3) is 0.571. The molecular weight excluding hydrogens is 323 g/mol. The molecule has 2 aliphatic heterocycles. The monoisotopic (exact) mass is 342 g/mol. The van der Waals surface area contributed by atoms with Gasteiger partial charge in [-0.1, -0.05) is 6.07 Å². The van der Waals surface area contributed by atoms with E-state index in [1.807, 2.05) is 0 Å². The van der Waals surface area contributed by atoms with E-state index >= 15 is 0 Å². The zero-order valence-electron chi connectivity index (χ0n) is 10.2. The average molecular weight is 342 g/mol. The van der Waals surface area contributed by atoms with E-state index in [2.05, 4.69) is 57.9 Å². The van der Waals surface area contributed by atoms with E-state index in [9.17, 15) is 0 Å². The van der Waals surface area contributed by atoms with Gasteiger partial charge in [0.15, 0.2) is 0 Å². The molecule has 2 fully saturated rings. The molecule has 0 aliphatic carbocycles. The second kappa shape index (κ2) is 4.76. The molecule has 1 aromatic carbocycles. The van der Waals surface area contributed by atoms with Crippen molar-refractivity contribution in [3.05, 3.63) is 27.3 Å². The summed E-state index contributed by atoms with van der Waals surface area (Å²) >= 11 is 2.42. The van der Waals surface area contributed by atoms with E-state index in [0.29, 0.717) is 6.04 Å². The Morgan fingerprint density at radius 3 is 3.00 bits per heavy atom. The Balaban J connectivity index is 1.72.